The summed E-state index contributed by atoms with van der Waals surface area (Å²) in [4.78, 5) is 2.97. The summed E-state index contributed by atoms with van der Waals surface area (Å²) in [6.07, 6.45) is 2.61. The Kier molecular flexibility index (Phi) is 4.89. The maximum Gasteiger partial charge on any atom is 0.287 e. The number of methoxy groups -OCH3 is 1. The Morgan fingerprint density at radius 1 is 1.36 bits per heavy atom. The molecule has 0 amide bonds. The Morgan fingerprint density at radius 3 is 2.77 bits per heavy atom. The normalized spacial score (nSPS) is 12.6. The molecule has 1 aromatic carbocycles. The third-order valence-corrected chi connectivity index (χ3v) is 4.13. The number of halogens is 3. The number of hydrogen-bond donors (Lipinski definition) is 0. The fourth-order valence-electron chi connectivity index (χ4n) is 1.58. The predicted molar refractivity (Wildman–Crippen MR) is 73.4 cm³/mol. The van der Waals surface area contributed by atoms with Crippen LogP contribution in [-0.4, -0.2) is 25.1 Å². The molecule has 2 aromatic rings. The van der Waals surface area contributed by atoms with Gasteiger partial charge in [-0.3, -0.25) is 4.57 Å². The van der Waals surface area contributed by atoms with Crippen LogP contribution >= 0.6 is 11.6 Å². The zero-order valence-corrected chi connectivity index (χ0v) is 12.8. The number of sulfonamides is 1. The third-order valence-electron chi connectivity index (χ3n) is 2.54. The molecule has 0 spiro atoms. The minimum absolute atomic E-state index is 0.00511. The second kappa shape index (κ2) is 6.51. The van der Waals surface area contributed by atoms with E-state index in [4.69, 9.17) is 16.3 Å². The maximum absolute atomic E-state index is 13.7. The Hall–Kier alpha value is -1.84. The van der Waals surface area contributed by atoms with Crippen LogP contribution in [-0.2, 0) is 21.5 Å². The average molecular weight is 350 g/mol. The largest absolute Gasteiger partial charge is 0.364 e. The van der Waals surface area contributed by atoms with Crippen LogP contribution in [0.4, 0.5) is 8.78 Å². The SMILES string of the molecule is COCn1cncc/c1=N\S(=O)(=O)c1cc(Cl)c(F)cc1F. The molecular weight excluding hydrogens is 340 g/mol. The Morgan fingerprint density at radius 2 is 2.09 bits per heavy atom. The van der Waals surface area contributed by atoms with Crippen molar-refractivity contribution in [1.82, 2.24) is 9.55 Å². The van der Waals surface area contributed by atoms with Crippen molar-refractivity contribution in [2.75, 3.05) is 7.11 Å². The van der Waals surface area contributed by atoms with Crippen LogP contribution in [0.1, 0.15) is 0 Å². The second-order valence-corrected chi connectivity index (χ2v) is 6.07. The second-order valence-electron chi connectivity index (χ2n) is 4.09. The number of ether oxygens (including phenoxy) is 1. The molecule has 6 nitrogen and oxygen atoms in total. The van der Waals surface area contributed by atoms with Gasteiger partial charge in [0, 0.05) is 25.4 Å². The van der Waals surface area contributed by atoms with E-state index in [0.29, 0.717) is 12.1 Å². The van der Waals surface area contributed by atoms with Crippen molar-refractivity contribution in [3.8, 4) is 0 Å². The van der Waals surface area contributed by atoms with Crippen molar-refractivity contribution in [3.63, 3.8) is 0 Å². The lowest BCUT2D eigenvalue weighted by molar-refractivity contribution is 0.126. The van der Waals surface area contributed by atoms with E-state index >= 15 is 0 Å². The summed E-state index contributed by atoms with van der Waals surface area (Å²) >= 11 is 5.49. The lowest BCUT2D eigenvalue weighted by atomic mass is 10.3. The molecular formula is C12H10ClF2N3O3S. The zero-order chi connectivity index (χ0) is 16.3. The van der Waals surface area contributed by atoms with Gasteiger partial charge < -0.3 is 4.74 Å². The van der Waals surface area contributed by atoms with Crippen LogP contribution in [0.15, 0.2) is 40.0 Å². The summed E-state index contributed by atoms with van der Waals surface area (Å²) in [5.41, 5.74) is -0.0308. The van der Waals surface area contributed by atoms with Crippen molar-refractivity contribution in [1.29, 1.82) is 0 Å². The van der Waals surface area contributed by atoms with E-state index in [9.17, 15) is 17.2 Å². The van der Waals surface area contributed by atoms with Crippen LogP contribution < -0.4 is 5.49 Å². The van der Waals surface area contributed by atoms with Crippen molar-refractivity contribution in [2.24, 2.45) is 4.40 Å². The smallest absolute Gasteiger partial charge is 0.287 e. The van der Waals surface area contributed by atoms with Gasteiger partial charge in [-0.2, -0.15) is 8.42 Å². The highest BCUT2D eigenvalue weighted by molar-refractivity contribution is 7.90. The van der Waals surface area contributed by atoms with Gasteiger partial charge in [0.05, 0.1) is 11.3 Å². The molecule has 0 fully saturated rings. The highest BCUT2D eigenvalue weighted by atomic mass is 35.5. The maximum atomic E-state index is 13.7. The molecule has 1 aromatic heterocycles. The summed E-state index contributed by atoms with van der Waals surface area (Å²) in [7, 11) is -3.03. The fraction of sp³-hybridized carbons (Fsp3) is 0.167. The molecule has 10 heteroatoms. The summed E-state index contributed by atoms with van der Waals surface area (Å²) in [6.45, 7) is -0.00511. The quantitative estimate of drug-likeness (QED) is 0.788. The Labute approximate surface area is 129 Å². The van der Waals surface area contributed by atoms with Crippen LogP contribution in [0.3, 0.4) is 0 Å². The van der Waals surface area contributed by atoms with Gasteiger partial charge in [0.25, 0.3) is 10.0 Å². The van der Waals surface area contributed by atoms with E-state index in [1.165, 1.54) is 30.3 Å². The molecule has 0 saturated carbocycles. The predicted octanol–water partition coefficient (Wildman–Crippen LogP) is 1.71. The number of benzene rings is 1. The molecule has 0 radical (unpaired) electrons. The summed E-state index contributed by atoms with van der Waals surface area (Å²) < 4.78 is 60.8. The highest BCUT2D eigenvalue weighted by Crippen LogP contribution is 2.24. The molecule has 1 heterocycles. The van der Waals surface area contributed by atoms with Crippen LogP contribution in [0, 0.1) is 11.6 Å². The number of aromatic nitrogens is 2. The minimum atomic E-state index is -4.43. The van der Waals surface area contributed by atoms with E-state index in [1.807, 2.05) is 0 Å². The Bertz CT molecular complexity index is 868. The third kappa shape index (κ3) is 3.49. The fourth-order valence-corrected chi connectivity index (χ4v) is 2.89. The molecule has 0 aliphatic carbocycles. The lowest BCUT2D eigenvalue weighted by Gasteiger charge is -2.06. The first-order valence-electron chi connectivity index (χ1n) is 5.80. The van der Waals surface area contributed by atoms with E-state index in [0.717, 1.165) is 0 Å². The van der Waals surface area contributed by atoms with Crippen LogP contribution in [0.5, 0.6) is 0 Å². The van der Waals surface area contributed by atoms with E-state index < -0.39 is 31.6 Å². The van der Waals surface area contributed by atoms with E-state index in [-0.39, 0.29) is 12.2 Å². The van der Waals surface area contributed by atoms with Gasteiger partial charge >= 0.3 is 0 Å². The molecule has 0 bridgehead atoms. The minimum Gasteiger partial charge on any atom is -0.364 e. The van der Waals surface area contributed by atoms with E-state index in [1.54, 1.807) is 0 Å². The first-order chi connectivity index (χ1) is 10.3. The monoisotopic (exact) mass is 349 g/mol. The number of hydrogen-bond acceptors (Lipinski definition) is 4. The van der Waals surface area contributed by atoms with Crippen molar-refractivity contribution in [2.45, 2.75) is 11.6 Å². The van der Waals surface area contributed by atoms with Crippen molar-refractivity contribution in [3.05, 3.63) is 52.9 Å². The van der Waals surface area contributed by atoms with Gasteiger partial charge in [-0.05, 0) is 6.07 Å². The first-order valence-corrected chi connectivity index (χ1v) is 7.62. The van der Waals surface area contributed by atoms with Gasteiger partial charge in [0.2, 0.25) is 0 Å². The van der Waals surface area contributed by atoms with Gasteiger partial charge in [-0.1, -0.05) is 11.6 Å². The average Bonchev–Trinajstić information content (AvgIpc) is 2.45. The van der Waals surface area contributed by atoms with Crippen molar-refractivity contribution >= 4 is 21.6 Å². The molecule has 0 unspecified atom stereocenters. The molecule has 0 aliphatic heterocycles. The molecule has 2 rings (SSSR count). The van der Waals surface area contributed by atoms with Gasteiger partial charge in [0.15, 0.2) is 5.49 Å². The van der Waals surface area contributed by atoms with Gasteiger partial charge in [-0.15, -0.1) is 4.40 Å². The topological polar surface area (TPSA) is 73.5 Å². The Balaban J connectivity index is 2.62. The standard InChI is InChI=1S/C12H10ClF2N3O3S/c1-21-7-18-6-16-3-2-12(18)17-22(19,20)11-4-8(13)9(14)5-10(11)15/h2-6H,7H2,1H3/b17-12+. The van der Waals surface area contributed by atoms with Gasteiger partial charge in [-0.25, -0.2) is 13.8 Å². The molecule has 0 atom stereocenters. The molecule has 0 saturated heterocycles. The zero-order valence-electron chi connectivity index (χ0n) is 11.2. The van der Waals surface area contributed by atoms with E-state index in [2.05, 4.69) is 9.38 Å². The number of nitrogens with zero attached hydrogens (tertiary/aromatic N) is 3. The summed E-state index contributed by atoms with van der Waals surface area (Å²) in [5.74, 6) is -2.34. The molecule has 118 valence electrons. The highest BCUT2D eigenvalue weighted by Gasteiger charge is 2.21. The van der Waals surface area contributed by atoms with Crippen LogP contribution in [0.25, 0.3) is 0 Å². The summed E-state index contributed by atoms with van der Waals surface area (Å²) in [5, 5.41) is -0.519. The van der Waals surface area contributed by atoms with Crippen LogP contribution in [0.2, 0.25) is 5.02 Å². The first kappa shape index (κ1) is 16.5. The van der Waals surface area contributed by atoms with Crippen molar-refractivity contribution < 1.29 is 21.9 Å². The summed E-state index contributed by atoms with van der Waals surface area (Å²) in [6, 6.07) is 2.37. The molecule has 0 N–H and O–H groups in total. The molecule has 22 heavy (non-hydrogen) atoms. The van der Waals surface area contributed by atoms with Gasteiger partial charge in [0.1, 0.15) is 23.3 Å². The lowest BCUT2D eigenvalue weighted by Crippen LogP contribution is -2.23. The number of rotatable bonds is 4. The molecule has 0 aliphatic rings.